The summed E-state index contributed by atoms with van der Waals surface area (Å²) < 4.78 is 0. The molecule has 7 nitrogen and oxygen atoms in total. The number of rotatable bonds is 5. The third kappa shape index (κ3) is 3.67. The minimum absolute atomic E-state index is 0.259. The molecule has 1 saturated heterocycles. The number of carbonyl (C=O) groups excluding carboxylic acids is 3. The highest BCUT2D eigenvalue weighted by Gasteiger charge is 2.49. The lowest BCUT2D eigenvalue weighted by Gasteiger charge is -2.22. The number of urea groups is 1. The van der Waals surface area contributed by atoms with E-state index in [1.54, 1.807) is 31.5 Å². The fraction of sp³-hybridized carbons (Fsp3) is 0.300. The molecule has 27 heavy (non-hydrogen) atoms. The van der Waals surface area contributed by atoms with Crippen molar-refractivity contribution in [1.82, 2.24) is 20.5 Å². The Balaban J connectivity index is 1.70. The van der Waals surface area contributed by atoms with Gasteiger partial charge in [0.1, 0.15) is 12.1 Å². The van der Waals surface area contributed by atoms with Crippen LogP contribution in [0.4, 0.5) is 4.79 Å². The fourth-order valence-electron chi connectivity index (χ4n) is 3.09. The molecule has 1 aromatic heterocycles. The van der Waals surface area contributed by atoms with Crippen molar-refractivity contribution in [2.75, 3.05) is 6.54 Å². The molecule has 1 fully saturated rings. The highest BCUT2D eigenvalue weighted by Crippen LogP contribution is 2.28. The molecule has 0 saturated carbocycles. The van der Waals surface area contributed by atoms with Crippen molar-refractivity contribution in [2.24, 2.45) is 0 Å². The largest absolute Gasteiger partial charge is 0.348 e. The Morgan fingerprint density at radius 3 is 2.44 bits per heavy atom. The van der Waals surface area contributed by atoms with Crippen molar-refractivity contribution in [3.05, 3.63) is 65.5 Å². The highest BCUT2D eigenvalue weighted by molar-refractivity contribution is 6.09. The van der Waals surface area contributed by atoms with Crippen LogP contribution in [0.5, 0.6) is 0 Å². The number of hydrogen-bond acceptors (Lipinski definition) is 4. The van der Waals surface area contributed by atoms with Gasteiger partial charge in [-0.3, -0.25) is 19.5 Å². The Bertz CT molecular complexity index is 867. The quantitative estimate of drug-likeness (QED) is 0.792. The normalized spacial score (nSPS) is 20.3. The number of aromatic nitrogens is 1. The van der Waals surface area contributed by atoms with Gasteiger partial charge in [0.2, 0.25) is 5.91 Å². The van der Waals surface area contributed by atoms with Crippen LogP contribution in [-0.4, -0.2) is 34.3 Å². The minimum Gasteiger partial charge on any atom is -0.348 e. The van der Waals surface area contributed by atoms with Crippen molar-refractivity contribution in [3.8, 4) is 0 Å². The number of imide groups is 1. The van der Waals surface area contributed by atoms with Crippen LogP contribution >= 0.6 is 0 Å². The average molecular weight is 366 g/mol. The predicted molar refractivity (Wildman–Crippen MR) is 99.6 cm³/mol. The molecular formula is C20H22N4O3. The number of carbonyl (C=O) groups is 3. The van der Waals surface area contributed by atoms with Gasteiger partial charge in [0.05, 0.1) is 6.04 Å². The van der Waals surface area contributed by atoms with Crippen LogP contribution in [0.3, 0.4) is 0 Å². The van der Waals surface area contributed by atoms with Gasteiger partial charge >= 0.3 is 6.03 Å². The van der Waals surface area contributed by atoms with Crippen LogP contribution in [0, 0.1) is 6.92 Å². The zero-order valence-corrected chi connectivity index (χ0v) is 15.5. The number of aryl methyl sites for hydroxylation is 1. The van der Waals surface area contributed by atoms with E-state index in [4.69, 9.17) is 0 Å². The molecule has 7 heteroatoms. The second-order valence-corrected chi connectivity index (χ2v) is 6.88. The van der Waals surface area contributed by atoms with Gasteiger partial charge in [0.15, 0.2) is 0 Å². The Hall–Kier alpha value is -3.22. The van der Waals surface area contributed by atoms with Gasteiger partial charge in [-0.05, 0) is 44.0 Å². The van der Waals surface area contributed by atoms with Crippen LogP contribution in [0.1, 0.15) is 36.6 Å². The Morgan fingerprint density at radius 1 is 1.19 bits per heavy atom. The maximum absolute atomic E-state index is 12.9. The van der Waals surface area contributed by atoms with E-state index in [2.05, 4.69) is 15.6 Å². The molecule has 140 valence electrons. The summed E-state index contributed by atoms with van der Waals surface area (Å²) in [5.74, 6) is -0.848. The summed E-state index contributed by atoms with van der Waals surface area (Å²) in [5, 5.41) is 5.50. The summed E-state index contributed by atoms with van der Waals surface area (Å²) >= 11 is 0. The number of hydrogen-bond donors (Lipinski definition) is 2. The standard InChI is InChI=1S/C20H22N4O3/c1-13-4-6-16(7-5-13)20(3)18(26)24(19(27)23-20)12-17(25)22-14(2)15-8-10-21-11-9-15/h4-11,14H,12H2,1-3H3,(H,22,25)(H,23,27). The molecule has 1 aromatic carbocycles. The molecule has 4 amide bonds. The van der Waals surface area contributed by atoms with Gasteiger partial charge in [-0.2, -0.15) is 0 Å². The average Bonchev–Trinajstić information content (AvgIpc) is 2.87. The second kappa shape index (κ2) is 7.19. The molecule has 2 heterocycles. The molecule has 0 aliphatic carbocycles. The molecule has 3 rings (SSSR count). The third-order valence-corrected chi connectivity index (χ3v) is 4.79. The summed E-state index contributed by atoms with van der Waals surface area (Å²) in [6.07, 6.45) is 3.28. The van der Waals surface area contributed by atoms with Gasteiger partial charge in [-0.1, -0.05) is 29.8 Å². The summed E-state index contributed by atoms with van der Waals surface area (Å²) in [6, 6.07) is 10.1. The first-order chi connectivity index (χ1) is 12.8. The lowest BCUT2D eigenvalue weighted by atomic mass is 9.91. The molecule has 1 aliphatic heterocycles. The SMILES string of the molecule is Cc1ccc(C2(C)NC(=O)N(CC(=O)NC(C)c3ccncc3)C2=O)cc1. The monoisotopic (exact) mass is 366 g/mol. The number of pyridine rings is 1. The first-order valence-electron chi connectivity index (χ1n) is 8.72. The number of amides is 4. The number of nitrogens with zero attached hydrogens (tertiary/aromatic N) is 2. The molecule has 2 unspecified atom stereocenters. The van der Waals surface area contributed by atoms with Crippen LogP contribution in [0.25, 0.3) is 0 Å². The Morgan fingerprint density at radius 2 is 1.81 bits per heavy atom. The molecule has 1 aliphatic rings. The smallest absolute Gasteiger partial charge is 0.325 e. The van der Waals surface area contributed by atoms with E-state index >= 15 is 0 Å². The van der Waals surface area contributed by atoms with Crippen molar-refractivity contribution >= 4 is 17.8 Å². The first kappa shape index (κ1) is 18.6. The topological polar surface area (TPSA) is 91.4 Å². The van der Waals surface area contributed by atoms with E-state index in [0.717, 1.165) is 16.0 Å². The zero-order chi connectivity index (χ0) is 19.6. The maximum atomic E-state index is 12.9. The molecule has 2 N–H and O–H groups in total. The summed E-state index contributed by atoms with van der Waals surface area (Å²) in [4.78, 5) is 42.5. The van der Waals surface area contributed by atoms with E-state index in [9.17, 15) is 14.4 Å². The Kier molecular flexibility index (Phi) is 4.94. The Labute approximate surface area is 157 Å². The van der Waals surface area contributed by atoms with Crippen molar-refractivity contribution in [2.45, 2.75) is 32.4 Å². The van der Waals surface area contributed by atoms with Crippen molar-refractivity contribution in [1.29, 1.82) is 0 Å². The molecular weight excluding hydrogens is 344 g/mol. The van der Waals surface area contributed by atoms with E-state index < -0.39 is 23.4 Å². The number of nitrogens with one attached hydrogen (secondary N) is 2. The van der Waals surface area contributed by atoms with Crippen molar-refractivity contribution in [3.63, 3.8) is 0 Å². The highest BCUT2D eigenvalue weighted by atomic mass is 16.2. The van der Waals surface area contributed by atoms with Gasteiger partial charge in [-0.15, -0.1) is 0 Å². The minimum atomic E-state index is -1.18. The third-order valence-electron chi connectivity index (χ3n) is 4.79. The fourth-order valence-corrected chi connectivity index (χ4v) is 3.09. The van der Waals surface area contributed by atoms with E-state index in [1.165, 1.54) is 0 Å². The van der Waals surface area contributed by atoms with Crippen LogP contribution in [0.15, 0.2) is 48.8 Å². The molecule has 0 radical (unpaired) electrons. The van der Waals surface area contributed by atoms with Gasteiger partial charge in [0.25, 0.3) is 5.91 Å². The van der Waals surface area contributed by atoms with Crippen LogP contribution in [0.2, 0.25) is 0 Å². The van der Waals surface area contributed by atoms with Crippen LogP contribution < -0.4 is 10.6 Å². The van der Waals surface area contributed by atoms with Crippen LogP contribution in [-0.2, 0) is 15.1 Å². The molecule has 0 bridgehead atoms. The lowest BCUT2D eigenvalue weighted by Crippen LogP contribution is -2.43. The lowest BCUT2D eigenvalue weighted by molar-refractivity contribution is -0.135. The van der Waals surface area contributed by atoms with E-state index in [-0.39, 0.29) is 12.6 Å². The summed E-state index contributed by atoms with van der Waals surface area (Å²) in [7, 11) is 0. The zero-order valence-electron chi connectivity index (χ0n) is 15.5. The molecule has 2 aromatic rings. The van der Waals surface area contributed by atoms with Crippen molar-refractivity contribution < 1.29 is 14.4 Å². The maximum Gasteiger partial charge on any atom is 0.325 e. The predicted octanol–water partition coefficient (Wildman–Crippen LogP) is 2.03. The molecule has 0 spiro atoms. The van der Waals surface area contributed by atoms with Gasteiger partial charge < -0.3 is 10.6 Å². The van der Waals surface area contributed by atoms with Gasteiger partial charge in [0, 0.05) is 12.4 Å². The van der Waals surface area contributed by atoms with E-state index in [0.29, 0.717) is 5.56 Å². The second-order valence-electron chi connectivity index (χ2n) is 6.88. The van der Waals surface area contributed by atoms with Gasteiger partial charge in [-0.25, -0.2) is 4.79 Å². The number of benzene rings is 1. The first-order valence-corrected chi connectivity index (χ1v) is 8.72. The summed E-state index contributed by atoms with van der Waals surface area (Å²) in [5.41, 5.74) is 1.45. The molecule has 2 atom stereocenters. The summed E-state index contributed by atoms with van der Waals surface area (Å²) in [6.45, 7) is 5.09. The van der Waals surface area contributed by atoms with E-state index in [1.807, 2.05) is 38.1 Å².